The number of allylic oxidation sites excluding steroid dienone is 1. The maximum absolute atomic E-state index is 10.4. The predicted molar refractivity (Wildman–Crippen MR) is 67.3 cm³/mol. The van der Waals surface area contributed by atoms with Crippen LogP contribution in [0.5, 0.6) is 5.75 Å². The standard InChI is InChI=1S/C14H18O3/c1-2-3-4-5-6-14(16)17-13-9-7-12(11-15)8-10-13/h6-11,16H,2-5H2,1H3/b14-6-. The summed E-state index contributed by atoms with van der Waals surface area (Å²) in [6, 6.07) is 6.60. The normalized spacial score (nSPS) is 11.2. The zero-order valence-corrected chi connectivity index (χ0v) is 10.1. The topological polar surface area (TPSA) is 46.5 Å². The molecule has 0 atom stereocenters. The number of aldehydes is 1. The molecule has 3 nitrogen and oxygen atoms in total. The molecule has 1 rings (SSSR count). The van der Waals surface area contributed by atoms with Gasteiger partial charge in [0.2, 0.25) is 0 Å². The molecule has 0 heterocycles. The van der Waals surface area contributed by atoms with Gasteiger partial charge in [0.25, 0.3) is 5.95 Å². The van der Waals surface area contributed by atoms with Crippen LogP contribution < -0.4 is 4.74 Å². The van der Waals surface area contributed by atoms with Crippen molar-refractivity contribution in [3.05, 3.63) is 41.9 Å². The Morgan fingerprint density at radius 2 is 2.00 bits per heavy atom. The second-order valence-corrected chi connectivity index (χ2v) is 3.83. The van der Waals surface area contributed by atoms with Crippen LogP contribution in [0.15, 0.2) is 36.3 Å². The number of aliphatic hydroxyl groups is 1. The Morgan fingerprint density at radius 3 is 2.59 bits per heavy atom. The van der Waals surface area contributed by atoms with Crippen LogP contribution in [-0.4, -0.2) is 11.4 Å². The first-order chi connectivity index (χ1) is 8.26. The maximum atomic E-state index is 10.4. The number of rotatable bonds is 7. The van der Waals surface area contributed by atoms with E-state index in [2.05, 4.69) is 6.92 Å². The van der Waals surface area contributed by atoms with Crippen LogP contribution in [-0.2, 0) is 0 Å². The Labute approximate surface area is 102 Å². The molecule has 1 aromatic carbocycles. The number of carbonyl (C=O) groups is 1. The molecule has 0 saturated heterocycles. The third-order valence-electron chi connectivity index (χ3n) is 2.37. The third-order valence-corrected chi connectivity index (χ3v) is 2.37. The molecule has 0 aromatic heterocycles. The fourth-order valence-corrected chi connectivity index (χ4v) is 1.40. The quantitative estimate of drug-likeness (QED) is 0.442. The van der Waals surface area contributed by atoms with E-state index in [1.165, 1.54) is 0 Å². The number of hydrogen-bond acceptors (Lipinski definition) is 3. The molecule has 92 valence electrons. The number of hydrogen-bond donors (Lipinski definition) is 1. The monoisotopic (exact) mass is 234 g/mol. The van der Waals surface area contributed by atoms with Crippen LogP contribution in [0.2, 0.25) is 0 Å². The average Bonchev–Trinajstić information content (AvgIpc) is 2.36. The van der Waals surface area contributed by atoms with Crippen LogP contribution in [0, 0.1) is 0 Å². The Bertz CT molecular complexity index is 366. The van der Waals surface area contributed by atoms with Crippen LogP contribution in [0.1, 0.15) is 43.0 Å². The molecule has 0 amide bonds. The average molecular weight is 234 g/mol. The lowest BCUT2D eigenvalue weighted by molar-refractivity contribution is 0.112. The van der Waals surface area contributed by atoms with Crippen molar-refractivity contribution in [2.75, 3.05) is 0 Å². The highest BCUT2D eigenvalue weighted by molar-refractivity contribution is 5.74. The second-order valence-electron chi connectivity index (χ2n) is 3.83. The summed E-state index contributed by atoms with van der Waals surface area (Å²) in [5.74, 6) is 0.444. The van der Waals surface area contributed by atoms with E-state index in [1.54, 1.807) is 30.3 Å². The van der Waals surface area contributed by atoms with E-state index >= 15 is 0 Å². The van der Waals surface area contributed by atoms with E-state index in [0.29, 0.717) is 11.3 Å². The highest BCUT2D eigenvalue weighted by Crippen LogP contribution is 2.14. The van der Waals surface area contributed by atoms with Gasteiger partial charge in [-0.1, -0.05) is 19.8 Å². The summed E-state index contributed by atoms with van der Waals surface area (Å²) >= 11 is 0. The summed E-state index contributed by atoms with van der Waals surface area (Å²) in [7, 11) is 0. The molecule has 0 aliphatic heterocycles. The number of benzene rings is 1. The first-order valence-corrected chi connectivity index (χ1v) is 5.88. The Balaban J connectivity index is 2.43. The number of aliphatic hydroxyl groups excluding tert-OH is 1. The van der Waals surface area contributed by atoms with Crippen molar-refractivity contribution in [2.24, 2.45) is 0 Å². The Kier molecular flexibility index (Phi) is 5.86. The van der Waals surface area contributed by atoms with Gasteiger partial charge in [0, 0.05) is 5.56 Å². The van der Waals surface area contributed by atoms with Gasteiger partial charge < -0.3 is 9.84 Å². The molecule has 0 radical (unpaired) electrons. The van der Waals surface area contributed by atoms with Crippen molar-refractivity contribution in [3.8, 4) is 5.75 Å². The number of ether oxygens (including phenoxy) is 1. The minimum absolute atomic E-state index is 0.0834. The molecule has 0 spiro atoms. The molecule has 0 saturated carbocycles. The van der Waals surface area contributed by atoms with Crippen molar-refractivity contribution in [1.29, 1.82) is 0 Å². The van der Waals surface area contributed by atoms with E-state index in [1.807, 2.05) is 0 Å². The molecule has 1 aromatic rings. The van der Waals surface area contributed by atoms with E-state index in [9.17, 15) is 9.90 Å². The molecule has 17 heavy (non-hydrogen) atoms. The minimum Gasteiger partial charge on any atom is -0.481 e. The van der Waals surface area contributed by atoms with Crippen molar-refractivity contribution >= 4 is 6.29 Å². The summed E-state index contributed by atoms with van der Waals surface area (Å²) in [5.41, 5.74) is 0.587. The molecule has 1 N–H and O–H groups in total. The van der Waals surface area contributed by atoms with Crippen molar-refractivity contribution < 1.29 is 14.6 Å². The molecular weight excluding hydrogens is 216 g/mol. The van der Waals surface area contributed by atoms with Gasteiger partial charge in [0.1, 0.15) is 12.0 Å². The second kappa shape index (κ2) is 7.49. The Morgan fingerprint density at radius 1 is 1.29 bits per heavy atom. The molecule has 0 aliphatic carbocycles. The molecule has 0 unspecified atom stereocenters. The Hall–Kier alpha value is -1.77. The molecule has 3 heteroatoms. The van der Waals surface area contributed by atoms with Crippen molar-refractivity contribution in [2.45, 2.75) is 32.6 Å². The molecular formula is C14H18O3. The SMILES string of the molecule is CCCCC/C=C(/O)Oc1ccc(C=O)cc1. The van der Waals surface area contributed by atoms with Gasteiger partial charge in [-0.15, -0.1) is 0 Å². The van der Waals surface area contributed by atoms with Gasteiger partial charge in [-0.3, -0.25) is 4.79 Å². The first kappa shape index (κ1) is 13.3. The van der Waals surface area contributed by atoms with Gasteiger partial charge in [0.05, 0.1) is 0 Å². The summed E-state index contributed by atoms with van der Waals surface area (Å²) in [6.07, 6.45) is 6.61. The maximum Gasteiger partial charge on any atom is 0.277 e. The summed E-state index contributed by atoms with van der Waals surface area (Å²) in [4.78, 5) is 10.4. The van der Waals surface area contributed by atoms with Gasteiger partial charge >= 0.3 is 0 Å². The molecule has 0 bridgehead atoms. The zero-order valence-electron chi connectivity index (χ0n) is 10.1. The summed E-state index contributed by atoms with van der Waals surface area (Å²) < 4.78 is 5.19. The van der Waals surface area contributed by atoms with Gasteiger partial charge in [-0.25, -0.2) is 0 Å². The first-order valence-electron chi connectivity index (χ1n) is 5.88. The van der Waals surface area contributed by atoms with Crippen molar-refractivity contribution in [3.63, 3.8) is 0 Å². The van der Waals surface area contributed by atoms with Crippen molar-refractivity contribution in [1.82, 2.24) is 0 Å². The lowest BCUT2D eigenvalue weighted by Crippen LogP contribution is -1.94. The summed E-state index contributed by atoms with van der Waals surface area (Å²) in [6.45, 7) is 2.13. The highest BCUT2D eigenvalue weighted by Gasteiger charge is 1.98. The smallest absolute Gasteiger partial charge is 0.277 e. The van der Waals surface area contributed by atoms with E-state index < -0.39 is 0 Å². The highest BCUT2D eigenvalue weighted by atomic mass is 16.6. The van der Waals surface area contributed by atoms with Gasteiger partial charge in [0.15, 0.2) is 0 Å². The minimum atomic E-state index is -0.0834. The number of carbonyl (C=O) groups excluding carboxylic acids is 1. The van der Waals surface area contributed by atoms with E-state index in [0.717, 1.165) is 32.0 Å². The lowest BCUT2D eigenvalue weighted by atomic mass is 10.2. The van der Waals surface area contributed by atoms with Gasteiger partial charge in [-0.05, 0) is 43.2 Å². The van der Waals surface area contributed by atoms with E-state index in [4.69, 9.17) is 4.74 Å². The zero-order chi connectivity index (χ0) is 12.5. The molecule has 0 fully saturated rings. The fourth-order valence-electron chi connectivity index (χ4n) is 1.40. The fraction of sp³-hybridized carbons (Fsp3) is 0.357. The van der Waals surface area contributed by atoms with Gasteiger partial charge in [-0.2, -0.15) is 0 Å². The van der Waals surface area contributed by atoms with E-state index in [-0.39, 0.29) is 5.95 Å². The van der Waals surface area contributed by atoms with Crippen LogP contribution in [0.25, 0.3) is 0 Å². The summed E-state index contributed by atoms with van der Waals surface area (Å²) in [5, 5.41) is 9.50. The van der Waals surface area contributed by atoms with Crippen LogP contribution in [0.4, 0.5) is 0 Å². The lowest BCUT2D eigenvalue weighted by Gasteiger charge is -2.04. The predicted octanol–water partition coefficient (Wildman–Crippen LogP) is 3.86. The third kappa shape index (κ3) is 5.20. The van der Waals surface area contributed by atoms with Crippen LogP contribution >= 0.6 is 0 Å². The molecule has 0 aliphatic rings. The number of unbranched alkanes of at least 4 members (excludes halogenated alkanes) is 3. The van der Waals surface area contributed by atoms with Crippen LogP contribution in [0.3, 0.4) is 0 Å². The largest absolute Gasteiger partial charge is 0.481 e.